The summed E-state index contributed by atoms with van der Waals surface area (Å²) in [5.74, 6) is 0. The van der Waals surface area contributed by atoms with Gasteiger partial charge in [0.25, 0.3) is 0 Å². The van der Waals surface area contributed by atoms with Crippen molar-refractivity contribution in [3.63, 3.8) is 0 Å². The summed E-state index contributed by atoms with van der Waals surface area (Å²) >= 11 is 0. The lowest BCUT2D eigenvalue weighted by atomic mass is 9.82. The van der Waals surface area contributed by atoms with E-state index in [4.69, 9.17) is 5.73 Å². The van der Waals surface area contributed by atoms with Crippen LogP contribution in [0.1, 0.15) is 45.2 Å². The molecule has 1 aliphatic rings. The molecule has 1 aliphatic heterocycles. The molecule has 0 radical (unpaired) electrons. The molecule has 0 bridgehead atoms. The van der Waals surface area contributed by atoms with Crippen LogP contribution in [0.3, 0.4) is 0 Å². The van der Waals surface area contributed by atoms with Gasteiger partial charge in [0.2, 0.25) is 0 Å². The van der Waals surface area contributed by atoms with Gasteiger partial charge in [-0.2, -0.15) is 0 Å². The highest BCUT2D eigenvalue weighted by molar-refractivity contribution is 5.16. The Kier molecular flexibility index (Phi) is 4.03. The first-order valence-electron chi connectivity index (χ1n) is 6.89. The van der Waals surface area contributed by atoms with Gasteiger partial charge in [-0.05, 0) is 43.4 Å². The molecule has 2 unspecified atom stereocenters. The van der Waals surface area contributed by atoms with E-state index in [0.29, 0.717) is 11.5 Å². The fourth-order valence-electron chi connectivity index (χ4n) is 3.10. The third-order valence-electron chi connectivity index (χ3n) is 3.85. The van der Waals surface area contributed by atoms with Crippen LogP contribution < -0.4 is 5.73 Å². The molecule has 18 heavy (non-hydrogen) atoms. The molecule has 2 heterocycles. The summed E-state index contributed by atoms with van der Waals surface area (Å²) in [5, 5.41) is 0. The first-order valence-corrected chi connectivity index (χ1v) is 6.89. The van der Waals surface area contributed by atoms with Gasteiger partial charge in [0.05, 0.1) is 6.04 Å². The maximum absolute atomic E-state index is 6.22. The van der Waals surface area contributed by atoms with Crippen molar-refractivity contribution in [2.75, 3.05) is 13.1 Å². The minimum absolute atomic E-state index is 0.128. The van der Waals surface area contributed by atoms with Crippen LogP contribution >= 0.6 is 0 Å². The van der Waals surface area contributed by atoms with Gasteiger partial charge in [-0.3, -0.25) is 9.88 Å². The second kappa shape index (κ2) is 5.37. The van der Waals surface area contributed by atoms with Crippen molar-refractivity contribution in [3.05, 3.63) is 30.1 Å². The molecular weight excluding hydrogens is 222 g/mol. The lowest BCUT2D eigenvalue weighted by molar-refractivity contribution is 0.0687. The minimum atomic E-state index is 0.128. The van der Waals surface area contributed by atoms with E-state index >= 15 is 0 Å². The molecule has 1 aromatic rings. The van der Waals surface area contributed by atoms with Crippen LogP contribution in [0.4, 0.5) is 0 Å². The van der Waals surface area contributed by atoms with Crippen molar-refractivity contribution in [2.45, 2.75) is 45.7 Å². The van der Waals surface area contributed by atoms with E-state index in [1.807, 2.05) is 18.5 Å². The van der Waals surface area contributed by atoms with E-state index < -0.39 is 0 Å². The van der Waals surface area contributed by atoms with Gasteiger partial charge in [0.15, 0.2) is 0 Å². The predicted octanol–water partition coefficient (Wildman–Crippen LogP) is 2.59. The van der Waals surface area contributed by atoms with Gasteiger partial charge in [0.1, 0.15) is 0 Å². The number of rotatable bonds is 3. The van der Waals surface area contributed by atoms with Crippen molar-refractivity contribution in [3.8, 4) is 0 Å². The zero-order valence-corrected chi connectivity index (χ0v) is 11.8. The van der Waals surface area contributed by atoms with Gasteiger partial charge >= 0.3 is 0 Å². The van der Waals surface area contributed by atoms with Crippen molar-refractivity contribution in [2.24, 2.45) is 11.1 Å². The molecule has 2 N–H and O–H groups in total. The Labute approximate surface area is 110 Å². The number of hydrogen-bond acceptors (Lipinski definition) is 3. The van der Waals surface area contributed by atoms with E-state index in [1.165, 1.54) is 18.4 Å². The van der Waals surface area contributed by atoms with Gasteiger partial charge in [0, 0.05) is 25.0 Å². The number of piperidine rings is 1. The molecule has 0 aliphatic carbocycles. The average Bonchev–Trinajstić information content (AvgIpc) is 2.28. The molecule has 2 atom stereocenters. The van der Waals surface area contributed by atoms with Crippen molar-refractivity contribution < 1.29 is 0 Å². The molecular formula is C15H25N3. The smallest absolute Gasteiger partial charge is 0.0511 e. The molecule has 0 aromatic carbocycles. The van der Waals surface area contributed by atoms with E-state index in [9.17, 15) is 0 Å². The summed E-state index contributed by atoms with van der Waals surface area (Å²) in [6.07, 6.45) is 6.34. The summed E-state index contributed by atoms with van der Waals surface area (Å²) in [4.78, 5) is 6.77. The highest BCUT2D eigenvalue weighted by atomic mass is 15.2. The molecule has 3 nitrogen and oxygen atoms in total. The Balaban J connectivity index is 2.21. The molecule has 100 valence electrons. The second-order valence-corrected chi connectivity index (χ2v) is 6.33. The van der Waals surface area contributed by atoms with Crippen LogP contribution in [0.15, 0.2) is 24.5 Å². The fraction of sp³-hybridized carbons (Fsp3) is 0.667. The highest BCUT2D eigenvalue weighted by Crippen LogP contribution is 2.34. The van der Waals surface area contributed by atoms with Gasteiger partial charge in [-0.25, -0.2) is 0 Å². The van der Waals surface area contributed by atoms with E-state index in [0.717, 1.165) is 13.1 Å². The maximum atomic E-state index is 6.22. The Hall–Kier alpha value is -0.930. The van der Waals surface area contributed by atoms with E-state index in [2.05, 4.69) is 36.7 Å². The number of nitrogens with two attached hydrogens (primary N) is 1. The van der Waals surface area contributed by atoms with Crippen molar-refractivity contribution in [1.82, 2.24) is 9.88 Å². The van der Waals surface area contributed by atoms with Crippen LogP contribution in [0.25, 0.3) is 0 Å². The number of aromatic nitrogens is 1. The maximum Gasteiger partial charge on any atom is 0.0511 e. The molecule has 1 saturated heterocycles. The zero-order valence-electron chi connectivity index (χ0n) is 11.8. The lowest BCUT2D eigenvalue weighted by Crippen LogP contribution is -2.47. The summed E-state index contributed by atoms with van der Waals surface area (Å²) in [7, 11) is 0. The third kappa shape index (κ3) is 3.09. The molecule has 0 saturated carbocycles. The fourth-order valence-corrected chi connectivity index (χ4v) is 3.10. The quantitative estimate of drug-likeness (QED) is 0.892. The summed E-state index contributed by atoms with van der Waals surface area (Å²) < 4.78 is 0. The molecule has 0 spiro atoms. The Bertz CT molecular complexity index is 373. The normalized spacial score (nSPS) is 23.6. The van der Waals surface area contributed by atoms with Crippen LogP contribution in [0.5, 0.6) is 0 Å². The third-order valence-corrected chi connectivity index (χ3v) is 3.85. The van der Waals surface area contributed by atoms with Crippen LogP contribution in [0.2, 0.25) is 0 Å². The summed E-state index contributed by atoms with van der Waals surface area (Å²) in [6, 6.07) is 4.56. The summed E-state index contributed by atoms with van der Waals surface area (Å²) in [5.41, 5.74) is 7.86. The number of nitrogens with zero attached hydrogens (tertiary/aromatic N) is 2. The van der Waals surface area contributed by atoms with Gasteiger partial charge in [-0.15, -0.1) is 0 Å². The van der Waals surface area contributed by atoms with Crippen LogP contribution in [0, 0.1) is 5.41 Å². The molecule has 1 aromatic heterocycles. The number of hydrogen-bond donors (Lipinski definition) is 1. The van der Waals surface area contributed by atoms with Crippen molar-refractivity contribution >= 4 is 0 Å². The van der Waals surface area contributed by atoms with E-state index in [-0.39, 0.29) is 6.04 Å². The first kappa shape index (κ1) is 13.5. The SMILES string of the molecule is CC(N)C(c1cccnc1)N1CCCC(C)(C)C1. The molecule has 3 heteroatoms. The largest absolute Gasteiger partial charge is 0.326 e. The standard InChI is InChI=1S/C15H25N3/c1-12(16)14(13-6-4-8-17-10-13)18-9-5-7-15(2,3)11-18/h4,6,8,10,12,14H,5,7,9,11,16H2,1-3H3. The van der Waals surface area contributed by atoms with E-state index in [1.54, 1.807) is 0 Å². The first-order chi connectivity index (χ1) is 8.49. The Morgan fingerprint density at radius 2 is 2.22 bits per heavy atom. The van der Waals surface area contributed by atoms with Crippen molar-refractivity contribution in [1.29, 1.82) is 0 Å². The average molecular weight is 247 g/mol. The van der Waals surface area contributed by atoms with Crippen LogP contribution in [-0.2, 0) is 0 Å². The Morgan fingerprint density at radius 3 is 2.78 bits per heavy atom. The number of likely N-dealkylation sites (tertiary alicyclic amines) is 1. The van der Waals surface area contributed by atoms with Gasteiger partial charge < -0.3 is 5.73 Å². The highest BCUT2D eigenvalue weighted by Gasteiger charge is 2.32. The number of pyridine rings is 1. The lowest BCUT2D eigenvalue weighted by Gasteiger charge is -2.43. The predicted molar refractivity (Wildman–Crippen MR) is 75.2 cm³/mol. The molecule has 0 amide bonds. The second-order valence-electron chi connectivity index (χ2n) is 6.33. The summed E-state index contributed by atoms with van der Waals surface area (Å²) in [6.45, 7) is 9.05. The molecule has 2 rings (SSSR count). The topological polar surface area (TPSA) is 42.1 Å². The zero-order chi connectivity index (χ0) is 13.2. The minimum Gasteiger partial charge on any atom is -0.326 e. The van der Waals surface area contributed by atoms with Crippen LogP contribution in [-0.4, -0.2) is 29.0 Å². The molecule has 1 fully saturated rings. The van der Waals surface area contributed by atoms with Gasteiger partial charge in [-0.1, -0.05) is 19.9 Å². The Morgan fingerprint density at radius 1 is 1.44 bits per heavy atom. The monoisotopic (exact) mass is 247 g/mol.